The van der Waals surface area contributed by atoms with Crippen LogP contribution in [0.2, 0.25) is 5.02 Å². The van der Waals surface area contributed by atoms with Gasteiger partial charge in [-0.25, -0.2) is 5.06 Å². The van der Waals surface area contributed by atoms with Crippen molar-refractivity contribution < 1.29 is 19.1 Å². The van der Waals surface area contributed by atoms with Crippen molar-refractivity contribution in [1.29, 1.82) is 0 Å². The molecule has 3 aliphatic rings. The Morgan fingerprint density at radius 1 is 1.18 bits per heavy atom. The highest BCUT2D eigenvalue weighted by molar-refractivity contribution is 6.30. The highest BCUT2D eigenvalue weighted by atomic mass is 35.5. The summed E-state index contributed by atoms with van der Waals surface area (Å²) in [7, 11) is 1.64. The number of benzene rings is 2. The molecule has 6 nitrogen and oxygen atoms in total. The number of hydrogen-bond donors (Lipinski definition) is 1. The normalized spacial score (nSPS) is 21.9. The lowest BCUT2D eigenvalue weighted by Gasteiger charge is -2.44. The molecule has 0 aromatic heterocycles. The summed E-state index contributed by atoms with van der Waals surface area (Å²) < 4.78 is 11.1. The Bertz CT molecular complexity index is 1050. The minimum atomic E-state index is -0.705. The van der Waals surface area contributed by atoms with Gasteiger partial charge in [0.05, 0.1) is 11.3 Å². The summed E-state index contributed by atoms with van der Waals surface area (Å²) in [5.41, 5.74) is 3.41. The summed E-state index contributed by atoms with van der Waals surface area (Å²) in [6, 6.07) is 11.4. The molecule has 0 fully saturated rings. The predicted molar refractivity (Wildman–Crippen MR) is 104 cm³/mol. The zero-order chi connectivity index (χ0) is 19.6. The molecule has 0 aliphatic carbocycles. The first kappa shape index (κ1) is 17.4. The SMILES string of the molecule is CN1OC(C)(C)C2=C(C1=O)C(c1cccc(Cl)c1)c1cc3c(cc1N2)OCO3. The molecule has 2 aromatic rings. The zero-order valence-corrected chi connectivity index (χ0v) is 16.5. The standard InChI is InChI=1S/C21H19ClN2O4/c1-21(2)19-18(20(25)24(3)28-21)17(11-5-4-6-12(22)7-11)13-8-15-16(27-10-26-15)9-14(13)23-19/h4-9,17,23H,10H2,1-3H3. The maximum absolute atomic E-state index is 13.2. The fraction of sp³-hybridized carbons (Fsp3) is 0.286. The Hall–Kier alpha value is -2.70. The maximum Gasteiger partial charge on any atom is 0.275 e. The van der Waals surface area contributed by atoms with Crippen molar-refractivity contribution in [2.75, 3.05) is 19.2 Å². The summed E-state index contributed by atoms with van der Waals surface area (Å²) in [5.74, 6) is 0.856. The molecule has 3 heterocycles. The van der Waals surface area contributed by atoms with E-state index in [-0.39, 0.29) is 18.6 Å². The zero-order valence-electron chi connectivity index (χ0n) is 15.7. The average molecular weight is 399 g/mol. The van der Waals surface area contributed by atoms with Crippen molar-refractivity contribution in [3.8, 4) is 11.5 Å². The molecule has 28 heavy (non-hydrogen) atoms. The Morgan fingerprint density at radius 3 is 2.68 bits per heavy atom. The first-order chi connectivity index (χ1) is 13.3. The number of nitrogens with zero attached hydrogens (tertiary/aromatic N) is 1. The third-order valence-electron chi connectivity index (χ3n) is 5.34. The number of amides is 1. The number of carbonyl (C=O) groups is 1. The molecule has 2 aromatic carbocycles. The molecule has 7 heteroatoms. The molecule has 1 N–H and O–H groups in total. The summed E-state index contributed by atoms with van der Waals surface area (Å²) in [6.07, 6.45) is 0. The van der Waals surface area contributed by atoms with Gasteiger partial charge in [0.15, 0.2) is 11.5 Å². The van der Waals surface area contributed by atoms with Crippen LogP contribution in [0.15, 0.2) is 47.7 Å². The van der Waals surface area contributed by atoms with E-state index in [0.29, 0.717) is 22.1 Å². The molecule has 144 valence electrons. The van der Waals surface area contributed by atoms with E-state index in [4.69, 9.17) is 25.9 Å². The average Bonchev–Trinajstić information content (AvgIpc) is 3.10. The second kappa shape index (κ2) is 5.90. The van der Waals surface area contributed by atoms with Crippen LogP contribution in [-0.2, 0) is 9.63 Å². The molecule has 0 radical (unpaired) electrons. The van der Waals surface area contributed by atoms with Crippen LogP contribution in [-0.4, -0.2) is 30.4 Å². The molecule has 1 amide bonds. The number of likely N-dealkylation sites (N-methyl/N-ethyl adjacent to an activating group) is 1. The Balaban J connectivity index is 1.79. The summed E-state index contributed by atoms with van der Waals surface area (Å²) in [5, 5.41) is 5.34. The fourth-order valence-electron chi connectivity index (χ4n) is 4.14. The van der Waals surface area contributed by atoms with Crippen molar-refractivity contribution in [2.24, 2.45) is 0 Å². The molecule has 0 saturated carbocycles. The van der Waals surface area contributed by atoms with Gasteiger partial charge in [0, 0.05) is 29.7 Å². The molecular weight excluding hydrogens is 380 g/mol. The molecule has 0 spiro atoms. The van der Waals surface area contributed by atoms with Crippen LogP contribution < -0.4 is 14.8 Å². The van der Waals surface area contributed by atoms with Crippen LogP contribution in [0.3, 0.4) is 0 Å². The van der Waals surface area contributed by atoms with Gasteiger partial charge >= 0.3 is 0 Å². The van der Waals surface area contributed by atoms with Gasteiger partial charge in [-0.3, -0.25) is 9.63 Å². The molecule has 5 rings (SSSR count). The lowest BCUT2D eigenvalue weighted by atomic mass is 9.77. The Kier molecular flexibility index (Phi) is 3.66. The lowest BCUT2D eigenvalue weighted by Crippen LogP contribution is -2.49. The van der Waals surface area contributed by atoms with Crippen LogP contribution in [0.1, 0.15) is 30.9 Å². The number of halogens is 1. The number of carbonyl (C=O) groups excluding carboxylic acids is 1. The fourth-order valence-corrected chi connectivity index (χ4v) is 4.34. The molecule has 1 unspecified atom stereocenters. The summed E-state index contributed by atoms with van der Waals surface area (Å²) in [6.45, 7) is 4.06. The molecule has 3 aliphatic heterocycles. The van der Waals surface area contributed by atoms with E-state index in [1.807, 2.05) is 50.2 Å². The van der Waals surface area contributed by atoms with Gasteiger partial charge in [0.25, 0.3) is 5.91 Å². The summed E-state index contributed by atoms with van der Waals surface area (Å²) in [4.78, 5) is 19.0. The molecule has 1 atom stereocenters. The van der Waals surface area contributed by atoms with Gasteiger partial charge in [0.2, 0.25) is 6.79 Å². The van der Waals surface area contributed by atoms with Gasteiger partial charge in [-0.2, -0.15) is 0 Å². The van der Waals surface area contributed by atoms with Crippen LogP contribution >= 0.6 is 11.6 Å². The second-order valence-electron chi connectivity index (χ2n) is 7.60. The predicted octanol–water partition coefficient (Wildman–Crippen LogP) is 4.06. The second-order valence-corrected chi connectivity index (χ2v) is 8.04. The largest absolute Gasteiger partial charge is 0.454 e. The topological polar surface area (TPSA) is 60.0 Å². The first-order valence-corrected chi connectivity index (χ1v) is 9.41. The quantitative estimate of drug-likeness (QED) is 0.784. The van der Waals surface area contributed by atoms with E-state index >= 15 is 0 Å². The Labute approximate surface area is 167 Å². The van der Waals surface area contributed by atoms with Gasteiger partial charge in [-0.15, -0.1) is 0 Å². The molecule has 0 bridgehead atoms. The lowest BCUT2D eigenvalue weighted by molar-refractivity contribution is -0.215. The van der Waals surface area contributed by atoms with Crippen LogP contribution in [0.25, 0.3) is 0 Å². The van der Waals surface area contributed by atoms with Crippen molar-refractivity contribution in [2.45, 2.75) is 25.4 Å². The highest BCUT2D eigenvalue weighted by Crippen LogP contribution is 2.51. The van der Waals surface area contributed by atoms with E-state index in [1.54, 1.807) is 7.05 Å². The van der Waals surface area contributed by atoms with Crippen molar-refractivity contribution in [1.82, 2.24) is 5.06 Å². The maximum atomic E-state index is 13.2. The first-order valence-electron chi connectivity index (χ1n) is 9.03. The molecule has 0 saturated heterocycles. The number of nitrogens with one attached hydrogen (secondary N) is 1. The number of anilines is 1. The van der Waals surface area contributed by atoms with Gasteiger partial charge in [-0.05, 0) is 43.2 Å². The highest BCUT2D eigenvalue weighted by Gasteiger charge is 2.46. The van der Waals surface area contributed by atoms with E-state index in [9.17, 15) is 4.79 Å². The summed E-state index contributed by atoms with van der Waals surface area (Å²) >= 11 is 6.28. The van der Waals surface area contributed by atoms with Gasteiger partial charge in [0.1, 0.15) is 5.60 Å². The van der Waals surface area contributed by atoms with E-state index in [2.05, 4.69) is 5.32 Å². The van der Waals surface area contributed by atoms with E-state index in [1.165, 1.54) is 5.06 Å². The minimum Gasteiger partial charge on any atom is -0.454 e. The number of rotatable bonds is 1. The van der Waals surface area contributed by atoms with Crippen molar-refractivity contribution in [3.63, 3.8) is 0 Å². The number of fused-ring (bicyclic) bond motifs is 2. The number of hydroxylamine groups is 2. The third kappa shape index (κ3) is 2.48. The molecular formula is C21H19ClN2O4. The Morgan fingerprint density at radius 2 is 1.93 bits per heavy atom. The van der Waals surface area contributed by atoms with E-state index in [0.717, 1.165) is 22.5 Å². The van der Waals surface area contributed by atoms with Crippen LogP contribution in [0.4, 0.5) is 5.69 Å². The van der Waals surface area contributed by atoms with Gasteiger partial charge in [-0.1, -0.05) is 23.7 Å². The van der Waals surface area contributed by atoms with Crippen molar-refractivity contribution in [3.05, 3.63) is 63.8 Å². The monoisotopic (exact) mass is 398 g/mol. The third-order valence-corrected chi connectivity index (χ3v) is 5.57. The van der Waals surface area contributed by atoms with Crippen molar-refractivity contribution >= 4 is 23.2 Å². The number of hydrogen-bond acceptors (Lipinski definition) is 5. The van der Waals surface area contributed by atoms with Crippen LogP contribution in [0, 0.1) is 0 Å². The van der Waals surface area contributed by atoms with Crippen LogP contribution in [0.5, 0.6) is 11.5 Å². The minimum absolute atomic E-state index is 0.184. The van der Waals surface area contributed by atoms with E-state index < -0.39 is 5.60 Å². The van der Waals surface area contributed by atoms with Gasteiger partial charge < -0.3 is 14.8 Å². The number of ether oxygens (including phenoxy) is 2. The smallest absolute Gasteiger partial charge is 0.275 e.